The second-order valence-electron chi connectivity index (χ2n) is 5.39. The fourth-order valence-corrected chi connectivity index (χ4v) is 1.91. The summed E-state index contributed by atoms with van der Waals surface area (Å²) in [5.41, 5.74) is 2.07. The van der Waals surface area contributed by atoms with Gasteiger partial charge in [-0.05, 0) is 45.1 Å². The van der Waals surface area contributed by atoms with Gasteiger partial charge in [-0.2, -0.15) is 0 Å². The van der Waals surface area contributed by atoms with Gasteiger partial charge < -0.3 is 15.5 Å². The molecule has 0 spiro atoms. The highest BCUT2D eigenvalue weighted by molar-refractivity contribution is 5.85. The molecule has 0 aliphatic heterocycles. The molecule has 0 heterocycles. The summed E-state index contributed by atoms with van der Waals surface area (Å²) in [5, 5.41) is 5.43. The Morgan fingerprint density at radius 3 is 2.48 bits per heavy atom. The fraction of sp³-hybridized carbons (Fsp3) is 0.500. The highest BCUT2D eigenvalue weighted by Gasteiger charge is 2.07. The smallest absolute Gasteiger partial charge is 0.239 e. The molecule has 0 saturated heterocycles. The molecule has 2 amide bonds. The van der Waals surface area contributed by atoms with Gasteiger partial charge in [-0.1, -0.05) is 24.3 Å². The minimum absolute atomic E-state index is 0.0344. The van der Waals surface area contributed by atoms with Crippen LogP contribution in [-0.4, -0.2) is 50.4 Å². The minimum Gasteiger partial charge on any atom is -0.355 e. The van der Waals surface area contributed by atoms with E-state index in [1.54, 1.807) is 0 Å². The lowest BCUT2D eigenvalue weighted by atomic mass is 10.1. The van der Waals surface area contributed by atoms with Crippen LogP contribution < -0.4 is 10.6 Å². The number of amides is 2. The van der Waals surface area contributed by atoms with Gasteiger partial charge in [-0.25, -0.2) is 0 Å². The van der Waals surface area contributed by atoms with Crippen LogP contribution in [0.5, 0.6) is 0 Å². The summed E-state index contributed by atoms with van der Waals surface area (Å²) >= 11 is 0. The van der Waals surface area contributed by atoms with Crippen molar-refractivity contribution in [2.75, 3.05) is 33.7 Å². The van der Waals surface area contributed by atoms with Crippen LogP contribution >= 0.6 is 0 Å². The second-order valence-corrected chi connectivity index (χ2v) is 5.39. The molecule has 5 heteroatoms. The van der Waals surface area contributed by atoms with Crippen LogP contribution in [0.15, 0.2) is 24.3 Å². The first-order chi connectivity index (χ1) is 9.99. The first-order valence-electron chi connectivity index (χ1n) is 7.21. The van der Waals surface area contributed by atoms with Crippen molar-refractivity contribution < 1.29 is 9.59 Å². The third-order valence-electron chi connectivity index (χ3n) is 3.16. The van der Waals surface area contributed by atoms with Gasteiger partial charge in [0.05, 0.1) is 13.0 Å². The average molecular weight is 291 g/mol. The van der Waals surface area contributed by atoms with Gasteiger partial charge in [0.15, 0.2) is 0 Å². The van der Waals surface area contributed by atoms with Gasteiger partial charge in [0, 0.05) is 6.54 Å². The molecule has 0 fully saturated rings. The highest BCUT2D eigenvalue weighted by Crippen LogP contribution is 2.07. The Labute approximate surface area is 126 Å². The summed E-state index contributed by atoms with van der Waals surface area (Å²) in [6, 6.07) is 7.75. The summed E-state index contributed by atoms with van der Waals surface area (Å²) in [6.07, 6.45) is 1.20. The van der Waals surface area contributed by atoms with E-state index in [1.807, 2.05) is 45.3 Å². The fourth-order valence-electron chi connectivity index (χ4n) is 1.91. The standard InChI is InChI=1S/C16H25N3O2/c1-13-7-4-5-8-14(13)11-15(20)18-12-16(21)17-9-6-10-19(2)3/h4-5,7-8H,6,9-12H2,1-3H3,(H,17,21)(H,18,20). The van der Waals surface area contributed by atoms with Crippen LogP contribution in [-0.2, 0) is 16.0 Å². The quantitative estimate of drug-likeness (QED) is 0.694. The molecule has 0 atom stereocenters. The van der Waals surface area contributed by atoms with E-state index in [1.165, 1.54) is 0 Å². The van der Waals surface area contributed by atoms with Crippen LogP contribution in [0.2, 0.25) is 0 Å². The summed E-state index contributed by atoms with van der Waals surface area (Å²) in [7, 11) is 3.99. The zero-order chi connectivity index (χ0) is 15.7. The average Bonchev–Trinajstić information content (AvgIpc) is 2.44. The van der Waals surface area contributed by atoms with E-state index in [0.717, 1.165) is 24.1 Å². The number of nitrogens with zero attached hydrogens (tertiary/aromatic N) is 1. The number of aryl methyl sites for hydroxylation is 1. The van der Waals surface area contributed by atoms with Crippen LogP contribution in [0, 0.1) is 6.92 Å². The van der Waals surface area contributed by atoms with Crippen molar-refractivity contribution in [1.29, 1.82) is 0 Å². The molecule has 0 aliphatic carbocycles. The van der Waals surface area contributed by atoms with E-state index in [4.69, 9.17) is 0 Å². The van der Waals surface area contributed by atoms with Gasteiger partial charge in [0.1, 0.15) is 0 Å². The lowest BCUT2D eigenvalue weighted by Crippen LogP contribution is -2.38. The molecule has 0 saturated carbocycles. The Morgan fingerprint density at radius 1 is 1.10 bits per heavy atom. The van der Waals surface area contributed by atoms with Crippen LogP contribution in [0.3, 0.4) is 0 Å². The normalized spacial score (nSPS) is 10.5. The van der Waals surface area contributed by atoms with E-state index >= 15 is 0 Å². The molecular formula is C16H25N3O2. The number of benzene rings is 1. The van der Waals surface area contributed by atoms with Crippen molar-refractivity contribution >= 4 is 11.8 Å². The number of hydrogen-bond donors (Lipinski definition) is 2. The second kappa shape index (κ2) is 9.13. The predicted octanol–water partition coefficient (Wildman–Crippen LogP) is 0.722. The van der Waals surface area contributed by atoms with Crippen LogP contribution in [0.4, 0.5) is 0 Å². The molecule has 1 aromatic carbocycles. The molecule has 1 rings (SSSR count). The number of carbonyl (C=O) groups is 2. The largest absolute Gasteiger partial charge is 0.355 e. The van der Waals surface area contributed by atoms with Crippen LogP contribution in [0.1, 0.15) is 17.5 Å². The number of carbonyl (C=O) groups excluding carboxylic acids is 2. The van der Waals surface area contributed by atoms with Gasteiger partial charge in [0.2, 0.25) is 11.8 Å². The highest BCUT2D eigenvalue weighted by atomic mass is 16.2. The maximum absolute atomic E-state index is 11.8. The Bertz CT molecular complexity index is 472. The first kappa shape index (κ1) is 17.2. The third-order valence-corrected chi connectivity index (χ3v) is 3.16. The van der Waals surface area contributed by atoms with Crippen molar-refractivity contribution in [3.8, 4) is 0 Å². The van der Waals surface area contributed by atoms with Crippen molar-refractivity contribution in [2.24, 2.45) is 0 Å². The monoisotopic (exact) mass is 291 g/mol. The maximum atomic E-state index is 11.8. The summed E-state index contributed by atoms with van der Waals surface area (Å²) in [6.45, 7) is 3.57. The van der Waals surface area contributed by atoms with E-state index in [0.29, 0.717) is 13.0 Å². The number of hydrogen-bond acceptors (Lipinski definition) is 3. The van der Waals surface area contributed by atoms with E-state index in [9.17, 15) is 9.59 Å². The molecular weight excluding hydrogens is 266 g/mol. The molecule has 0 aliphatic rings. The van der Waals surface area contributed by atoms with Crippen molar-refractivity contribution in [1.82, 2.24) is 15.5 Å². The van der Waals surface area contributed by atoms with Crippen LogP contribution in [0.25, 0.3) is 0 Å². The third kappa shape index (κ3) is 7.46. The molecule has 0 aromatic heterocycles. The molecule has 2 N–H and O–H groups in total. The van der Waals surface area contributed by atoms with Crippen molar-refractivity contribution in [3.63, 3.8) is 0 Å². The molecule has 116 valence electrons. The molecule has 5 nitrogen and oxygen atoms in total. The van der Waals surface area contributed by atoms with Gasteiger partial charge in [-0.3, -0.25) is 9.59 Å². The van der Waals surface area contributed by atoms with Gasteiger partial charge in [0.25, 0.3) is 0 Å². The Kier molecular flexibility index (Phi) is 7.46. The van der Waals surface area contributed by atoms with Gasteiger partial charge >= 0.3 is 0 Å². The summed E-state index contributed by atoms with van der Waals surface area (Å²) in [5.74, 6) is -0.278. The number of nitrogens with one attached hydrogen (secondary N) is 2. The summed E-state index contributed by atoms with van der Waals surface area (Å²) < 4.78 is 0. The molecule has 0 unspecified atom stereocenters. The Hall–Kier alpha value is -1.88. The lowest BCUT2D eigenvalue weighted by Gasteiger charge is -2.10. The van der Waals surface area contributed by atoms with E-state index < -0.39 is 0 Å². The van der Waals surface area contributed by atoms with E-state index in [2.05, 4.69) is 15.5 Å². The molecule has 21 heavy (non-hydrogen) atoms. The maximum Gasteiger partial charge on any atom is 0.239 e. The SMILES string of the molecule is Cc1ccccc1CC(=O)NCC(=O)NCCCN(C)C. The lowest BCUT2D eigenvalue weighted by molar-refractivity contribution is -0.125. The number of rotatable bonds is 8. The molecule has 1 aromatic rings. The zero-order valence-corrected chi connectivity index (χ0v) is 13.1. The van der Waals surface area contributed by atoms with Crippen molar-refractivity contribution in [3.05, 3.63) is 35.4 Å². The van der Waals surface area contributed by atoms with Gasteiger partial charge in [-0.15, -0.1) is 0 Å². The Morgan fingerprint density at radius 2 is 1.81 bits per heavy atom. The van der Waals surface area contributed by atoms with Crippen molar-refractivity contribution in [2.45, 2.75) is 19.8 Å². The summed E-state index contributed by atoms with van der Waals surface area (Å²) in [4.78, 5) is 25.4. The predicted molar refractivity (Wildman–Crippen MR) is 84.1 cm³/mol. The van der Waals surface area contributed by atoms with E-state index in [-0.39, 0.29) is 18.4 Å². The molecule has 0 radical (unpaired) electrons. The topological polar surface area (TPSA) is 61.4 Å². The minimum atomic E-state index is -0.146. The zero-order valence-electron chi connectivity index (χ0n) is 13.1. The first-order valence-corrected chi connectivity index (χ1v) is 7.21. The Balaban J connectivity index is 2.21. The molecule has 0 bridgehead atoms.